The van der Waals surface area contributed by atoms with Crippen molar-refractivity contribution in [2.45, 2.75) is 142 Å². The molecule has 0 heterocycles. The van der Waals surface area contributed by atoms with Gasteiger partial charge in [0.15, 0.2) is 0 Å². The Kier molecular flexibility index (Phi) is 27.6. The number of hydrogen-bond donors (Lipinski definition) is 2. The summed E-state index contributed by atoms with van der Waals surface area (Å²) in [6, 6.07) is 0. The summed E-state index contributed by atoms with van der Waals surface area (Å²) >= 11 is 0. The molecule has 0 aromatic heterocycles. The van der Waals surface area contributed by atoms with Crippen molar-refractivity contribution in [3.63, 3.8) is 0 Å². The molecule has 35 heavy (non-hydrogen) atoms. The maximum Gasteiger partial charge on any atom is 0.522 e. The fraction of sp³-hybridized carbons (Fsp3) is 1.00. The highest BCUT2D eigenvalue weighted by Gasteiger charge is 2.44. The van der Waals surface area contributed by atoms with Crippen molar-refractivity contribution in [2.24, 2.45) is 0 Å². The Labute approximate surface area is 216 Å². The first kappa shape index (κ1) is 39.6. The number of halogens is 3. The number of rotatable bonds is 21. The summed E-state index contributed by atoms with van der Waals surface area (Å²) in [6.45, 7) is 9.70. The van der Waals surface area contributed by atoms with Crippen LogP contribution in [0.15, 0.2) is 0 Å². The van der Waals surface area contributed by atoms with Crippen LogP contribution >= 0.6 is 7.26 Å². The van der Waals surface area contributed by atoms with Crippen molar-refractivity contribution in [1.29, 1.82) is 0 Å². The maximum absolute atomic E-state index is 10.7. The minimum atomic E-state index is -5.84. The molecule has 0 aromatic carbocycles. The summed E-state index contributed by atoms with van der Waals surface area (Å²) < 4.78 is 57.5. The van der Waals surface area contributed by atoms with Gasteiger partial charge in [0.1, 0.15) is 0 Å². The highest BCUT2D eigenvalue weighted by molar-refractivity contribution is 7.86. The molecule has 0 amide bonds. The van der Waals surface area contributed by atoms with E-state index in [4.69, 9.17) is 13.0 Å². The largest absolute Gasteiger partial charge is 0.522 e. The Hall–Kier alpha value is 0.0900. The van der Waals surface area contributed by atoms with Gasteiger partial charge >= 0.3 is 15.6 Å². The van der Waals surface area contributed by atoms with Gasteiger partial charge in [-0.3, -0.25) is 4.55 Å². The second kappa shape index (κ2) is 24.4. The molecule has 0 atom stereocenters. The monoisotopic (exact) mass is 552 g/mol. The number of hydrogen-bond acceptors (Lipinski definition) is 3. The Morgan fingerprint density at radius 1 is 0.571 bits per heavy atom. The van der Waals surface area contributed by atoms with Gasteiger partial charge in [-0.15, -0.1) is 0 Å². The first-order chi connectivity index (χ1) is 15.9. The van der Waals surface area contributed by atoms with Gasteiger partial charge in [0.25, 0.3) is 0 Å². The molecule has 9 heteroatoms. The summed E-state index contributed by atoms with van der Waals surface area (Å²) in [7, 11) is -6.48. The fourth-order valence-electron chi connectivity index (χ4n) is 4.16. The van der Waals surface area contributed by atoms with Crippen molar-refractivity contribution in [3.8, 4) is 0 Å². The van der Waals surface area contributed by atoms with Crippen LogP contribution in [-0.2, 0) is 10.1 Å². The minimum absolute atomic E-state index is 0. The van der Waals surface area contributed by atoms with E-state index in [0.29, 0.717) is 0 Å². The van der Waals surface area contributed by atoms with Crippen LogP contribution in [0.25, 0.3) is 0 Å². The van der Waals surface area contributed by atoms with Gasteiger partial charge in [0.2, 0.25) is 0 Å². The highest BCUT2D eigenvalue weighted by Crippen LogP contribution is 2.57. The summed E-state index contributed by atoms with van der Waals surface area (Å²) in [5.41, 5.74) is -5.53. The van der Waals surface area contributed by atoms with E-state index < -0.39 is 22.9 Å². The number of alkyl halides is 3. The Balaban J connectivity index is -0.000000972. The zero-order valence-corrected chi connectivity index (χ0v) is 25.0. The van der Waals surface area contributed by atoms with E-state index >= 15 is 0 Å². The Morgan fingerprint density at radius 3 is 0.971 bits per heavy atom. The zero-order valence-electron chi connectivity index (χ0n) is 23.3. The molecule has 4 N–H and O–H groups in total. The lowest BCUT2D eigenvalue weighted by molar-refractivity contribution is -0.0510. The average Bonchev–Trinajstić information content (AvgIpc) is 2.75. The van der Waals surface area contributed by atoms with Crippen LogP contribution in [0.4, 0.5) is 13.2 Å². The first-order valence-corrected chi connectivity index (χ1v) is 18.0. The molecule has 4 nitrogen and oxygen atoms in total. The lowest BCUT2D eigenvalue weighted by Gasteiger charge is -2.24. The molecule has 0 bridgehead atoms. The van der Waals surface area contributed by atoms with Gasteiger partial charge in [-0.1, -0.05) is 97.8 Å². The standard InChI is InChI=1S/C25H54P.CHF3O3S.H3N/c1-5-8-11-14-17-20-23-26(4,24-21-18-15-12-9-6-2)25-22-19-16-13-10-7-3;2-1(3,4)8(5,6)7;/h5-25H2,1-4H3;(H,5,6,7);1H3/q+1;;. The predicted octanol–water partition coefficient (Wildman–Crippen LogP) is 10.3. The van der Waals surface area contributed by atoms with E-state index in [-0.39, 0.29) is 6.15 Å². The van der Waals surface area contributed by atoms with Crippen LogP contribution < -0.4 is 6.15 Å². The second-order valence-electron chi connectivity index (χ2n) is 10.0. The van der Waals surface area contributed by atoms with Crippen molar-refractivity contribution in [3.05, 3.63) is 0 Å². The molecular formula is C26H58F3NO3PS+. The molecule has 216 valence electrons. The molecule has 0 rings (SSSR count). The van der Waals surface area contributed by atoms with Crippen molar-refractivity contribution in [2.75, 3.05) is 25.2 Å². The van der Waals surface area contributed by atoms with E-state index in [9.17, 15) is 13.2 Å². The topological polar surface area (TPSA) is 89.4 Å². The summed E-state index contributed by atoms with van der Waals surface area (Å²) in [5, 5.41) is 0. The van der Waals surface area contributed by atoms with Crippen molar-refractivity contribution >= 4 is 17.4 Å². The van der Waals surface area contributed by atoms with E-state index in [1.807, 2.05) is 0 Å². The summed E-state index contributed by atoms with van der Waals surface area (Å²) in [5.74, 6) is 0. The van der Waals surface area contributed by atoms with E-state index in [2.05, 4.69) is 27.4 Å². The maximum atomic E-state index is 10.7. The molecule has 0 spiro atoms. The molecule has 0 aromatic rings. The molecule has 0 fully saturated rings. The molecule has 0 saturated carbocycles. The minimum Gasteiger partial charge on any atom is -0.344 e. The average molecular weight is 553 g/mol. The molecule has 0 unspecified atom stereocenters. The number of unbranched alkanes of at least 4 members (excludes halogenated alkanes) is 15. The lowest BCUT2D eigenvalue weighted by atomic mass is 10.1. The van der Waals surface area contributed by atoms with Crippen LogP contribution in [0.2, 0.25) is 0 Å². The van der Waals surface area contributed by atoms with Crippen LogP contribution in [0, 0.1) is 0 Å². The third-order valence-corrected chi connectivity index (χ3v) is 11.2. The fourth-order valence-corrected chi connectivity index (χ4v) is 7.79. The third kappa shape index (κ3) is 27.0. The third-order valence-electron chi connectivity index (χ3n) is 6.45. The second-order valence-corrected chi connectivity index (χ2v) is 16.0. The zero-order chi connectivity index (χ0) is 26.3. The molecule has 0 radical (unpaired) electrons. The first-order valence-electron chi connectivity index (χ1n) is 13.8. The van der Waals surface area contributed by atoms with Gasteiger partial charge in [-0.25, -0.2) is 0 Å². The smallest absolute Gasteiger partial charge is 0.344 e. The normalized spacial score (nSPS) is 12.1. The molecular weight excluding hydrogens is 494 g/mol. The molecule has 0 aliphatic carbocycles. The quantitative estimate of drug-likeness (QED) is 0.0641. The Morgan fingerprint density at radius 2 is 0.771 bits per heavy atom. The highest BCUT2D eigenvalue weighted by atomic mass is 32.2. The van der Waals surface area contributed by atoms with Crippen molar-refractivity contribution in [1.82, 2.24) is 6.15 Å². The van der Waals surface area contributed by atoms with Gasteiger partial charge in [-0.05, 0) is 38.5 Å². The SMILES string of the molecule is CCCCCCCC[P+](C)(CCCCCCCC)CCCCCCCC.N.O=S(=O)(O)C(F)(F)F. The van der Waals surface area contributed by atoms with Crippen molar-refractivity contribution < 1.29 is 26.1 Å². The van der Waals surface area contributed by atoms with Gasteiger partial charge in [0.05, 0.1) is 18.5 Å². The molecule has 0 aliphatic rings. The summed E-state index contributed by atoms with van der Waals surface area (Å²) in [4.78, 5) is 0. The Bertz CT molecular complexity index is 506. The van der Waals surface area contributed by atoms with E-state index in [1.54, 1.807) is 18.5 Å². The van der Waals surface area contributed by atoms with Crippen LogP contribution in [-0.4, -0.2) is 43.6 Å². The van der Waals surface area contributed by atoms with Crippen LogP contribution in [0.1, 0.15) is 136 Å². The van der Waals surface area contributed by atoms with Gasteiger partial charge in [0, 0.05) is 13.9 Å². The predicted molar refractivity (Wildman–Crippen MR) is 150 cm³/mol. The van der Waals surface area contributed by atoms with Gasteiger partial charge in [-0.2, -0.15) is 21.6 Å². The molecule has 0 saturated heterocycles. The van der Waals surface area contributed by atoms with E-state index in [0.717, 1.165) is 0 Å². The van der Waals surface area contributed by atoms with E-state index in [1.165, 1.54) is 116 Å². The van der Waals surface area contributed by atoms with Gasteiger partial charge < -0.3 is 6.15 Å². The van der Waals surface area contributed by atoms with Crippen LogP contribution in [0.3, 0.4) is 0 Å². The lowest BCUT2D eigenvalue weighted by Crippen LogP contribution is -2.21. The summed E-state index contributed by atoms with van der Waals surface area (Å²) in [6.07, 6.45) is 31.2. The van der Waals surface area contributed by atoms with Crippen LogP contribution in [0.5, 0.6) is 0 Å². The molecule has 0 aliphatic heterocycles.